The van der Waals surface area contributed by atoms with Crippen molar-refractivity contribution in [3.8, 4) is 0 Å². The number of aromatic nitrogens is 3. The predicted molar refractivity (Wildman–Crippen MR) is 84.4 cm³/mol. The molecule has 0 radical (unpaired) electrons. The lowest BCUT2D eigenvalue weighted by atomic mass is 10.3. The van der Waals surface area contributed by atoms with Crippen LogP contribution in [0.2, 0.25) is 0 Å². The van der Waals surface area contributed by atoms with Crippen LogP contribution in [0.5, 0.6) is 0 Å². The van der Waals surface area contributed by atoms with E-state index in [4.69, 9.17) is 4.74 Å². The number of rotatable bonds is 8. The van der Waals surface area contributed by atoms with Crippen LogP contribution in [-0.4, -0.2) is 46.0 Å². The first-order valence-electron chi connectivity index (χ1n) is 6.83. The Morgan fingerprint density at radius 2 is 2.08 bits per heavy atom. The first kappa shape index (κ1) is 17.0. The number of ether oxygens (including phenoxy) is 1. The number of pyridine rings is 1. The highest BCUT2D eigenvalue weighted by atomic mass is 16.6. The van der Waals surface area contributed by atoms with E-state index in [0.29, 0.717) is 13.2 Å². The Hall–Kier alpha value is -3.34. The first-order chi connectivity index (χ1) is 11.6. The van der Waals surface area contributed by atoms with Crippen molar-refractivity contribution in [3.05, 3.63) is 46.5 Å². The van der Waals surface area contributed by atoms with Crippen LogP contribution in [0.1, 0.15) is 10.5 Å². The zero-order chi connectivity index (χ0) is 17.4. The van der Waals surface area contributed by atoms with Crippen LogP contribution in [-0.2, 0) is 4.74 Å². The second-order valence-corrected chi connectivity index (χ2v) is 4.39. The van der Waals surface area contributed by atoms with Gasteiger partial charge in [0, 0.05) is 19.9 Å². The SMILES string of the molecule is COCCNc1ncnc(NNC(=O)c2ccccn2)c1[N+](=O)[O-]. The molecule has 0 atom stereocenters. The summed E-state index contributed by atoms with van der Waals surface area (Å²) < 4.78 is 4.87. The number of nitro groups is 1. The molecule has 0 fully saturated rings. The summed E-state index contributed by atoms with van der Waals surface area (Å²) in [7, 11) is 1.51. The lowest BCUT2D eigenvalue weighted by Gasteiger charge is -2.10. The number of hydrogen-bond donors (Lipinski definition) is 3. The molecule has 3 N–H and O–H groups in total. The Bertz CT molecular complexity index is 711. The molecule has 0 spiro atoms. The molecule has 11 heteroatoms. The highest BCUT2D eigenvalue weighted by Crippen LogP contribution is 2.28. The normalized spacial score (nSPS) is 10.0. The zero-order valence-corrected chi connectivity index (χ0v) is 12.7. The monoisotopic (exact) mass is 333 g/mol. The number of nitrogens with one attached hydrogen (secondary N) is 3. The van der Waals surface area contributed by atoms with Gasteiger partial charge in [0.25, 0.3) is 5.91 Å². The van der Waals surface area contributed by atoms with Crippen LogP contribution >= 0.6 is 0 Å². The Labute approximate surface area is 136 Å². The molecule has 2 heterocycles. The molecular formula is C13H15N7O4. The van der Waals surface area contributed by atoms with E-state index in [1.165, 1.54) is 19.4 Å². The van der Waals surface area contributed by atoms with Gasteiger partial charge in [0.2, 0.25) is 11.6 Å². The van der Waals surface area contributed by atoms with Gasteiger partial charge in [-0.15, -0.1) is 0 Å². The fraction of sp³-hybridized carbons (Fsp3) is 0.231. The molecular weight excluding hydrogens is 318 g/mol. The topological polar surface area (TPSA) is 144 Å². The summed E-state index contributed by atoms with van der Waals surface area (Å²) >= 11 is 0. The summed E-state index contributed by atoms with van der Waals surface area (Å²) in [6, 6.07) is 4.81. The van der Waals surface area contributed by atoms with Gasteiger partial charge < -0.3 is 10.1 Å². The van der Waals surface area contributed by atoms with Gasteiger partial charge in [0.05, 0.1) is 11.5 Å². The smallest absolute Gasteiger partial charge is 0.354 e. The van der Waals surface area contributed by atoms with Crippen LogP contribution in [0.25, 0.3) is 0 Å². The standard InChI is InChI=1S/C13H15N7O4/c1-24-7-6-15-11-10(20(22)23)12(17-8-16-11)18-19-13(21)9-4-2-3-5-14-9/h2-5,8H,6-7H2,1H3,(H,19,21)(H2,15,16,17,18). The molecule has 0 aliphatic carbocycles. The van der Waals surface area contributed by atoms with Crippen molar-refractivity contribution >= 4 is 23.2 Å². The lowest BCUT2D eigenvalue weighted by molar-refractivity contribution is -0.383. The third kappa shape index (κ3) is 4.33. The van der Waals surface area contributed by atoms with Crippen molar-refractivity contribution in [1.29, 1.82) is 0 Å². The Balaban J connectivity index is 2.13. The minimum Gasteiger partial charge on any atom is -0.383 e. The van der Waals surface area contributed by atoms with Gasteiger partial charge in [-0.3, -0.25) is 30.7 Å². The molecule has 0 saturated heterocycles. The number of carbonyl (C=O) groups excluding carboxylic acids is 1. The molecule has 0 aromatic carbocycles. The number of anilines is 2. The molecule has 1 amide bonds. The van der Waals surface area contributed by atoms with Gasteiger partial charge in [-0.2, -0.15) is 0 Å². The van der Waals surface area contributed by atoms with E-state index in [1.807, 2.05) is 0 Å². The van der Waals surface area contributed by atoms with Gasteiger partial charge in [0.1, 0.15) is 12.0 Å². The maximum absolute atomic E-state index is 11.9. The molecule has 126 valence electrons. The van der Waals surface area contributed by atoms with Crippen molar-refractivity contribution in [2.45, 2.75) is 0 Å². The second kappa shape index (κ2) is 8.33. The number of hydrazine groups is 1. The quantitative estimate of drug-likeness (QED) is 0.359. The van der Waals surface area contributed by atoms with E-state index in [1.54, 1.807) is 12.1 Å². The maximum atomic E-state index is 11.9. The van der Waals surface area contributed by atoms with Gasteiger partial charge in [-0.05, 0) is 12.1 Å². The van der Waals surface area contributed by atoms with Crippen LogP contribution in [0, 0.1) is 10.1 Å². The van der Waals surface area contributed by atoms with Crippen molar-refractivity contribution in [1.82, 2.24) is 20.4 Å². The first-order valence-corrected chi connectivity index (χ1v) is 6.83. The van der Waals surface area contributed by atoms with E-state index in [9.17, 15) is 14.9 Å². The molecule has 0 bridgehead atoms. The van der Waals surface area contributed by atoms with Crippen molar-refractivity contribution in [2.24, 2.45) is 0 Å². The minimum absolute atomic E-state index is 0.0154. The summed E-state index contributed by atoms with van der Waals surface area (Å²) in [5, 5.41) is 14.1. The molecule has 2 rings (SSSR count). The largest absolute Gasteiger partial charge is 0.383 e. The zero-order valence-electron chi connectivity index (χ0n) is 12.7. The Morgan fingerprint density at radius 1 is 1.29 bits per heavy atom. The summed E-state index contributed by atoms with van der Waals surface area (Å²) in [5.41, 5.74) is 4.49. The average Bonchev–Trinajstić information content (AvgIpc) is 2.60. The molecule has 0 aliphatic heterocycles. The van der Waals surface area contributed by atoms with E-state index < -0.39 is 16.5 Å². The van der Waals surface area contributed by atoms with Crippen molar-refractivity contribution < 1.29 is 14.5 Å². The summed E-state index contributed by atoms with van der Waals surface area (Å²) in [5.74, 6) is -0.696. The van der Waals surface area contributed by atoms with Crippen LogP contribution in [0.4, 0.5) is 17.3 Å². The highest BCUT2D eigenvalue weighted by Gasteiger charge is 2.23. The molecule has 11 nitrogen and oxygen atoms in total. The fourth-order valence-corrected chi connectivity index (χ4v) is 1.72. The van der Waals surface area contributed by atoms with Gasteiger partial charge in [-0.25, -0.2) is 9.97 Å². The third-order valence-electron chi connectivity index (χ3n) is 2.80. The molecule has 2 aromatic heterocycles. The Morgan fingerprint density at radius 3 is 2.75 bits per heavy atom. The molecule has 2 aromatic rings. The van der Waals surface area contributed by atoms with Crippen LogP contribution in [0.3, 0.4) is 0 Å². The van der Waals surface area contributed by atoms with Crippen LogP contribution < -0.4 is 16.2 Å². The van der Waals surface area contributed by atoms with Crippen LogP contribution in [0.15, 0.2) is 30.7 Å². The second-order valence-electron chi connectivity index (χ2n) is 4.39. The van der Waals surface area contributed by atoms with E-state index in [2.05, 4.69) is 31.1 Å². The molecule has 0 aliphatic rings. The van der Waals surface area contributed by atoms with Crippen molar-refractivity contribution in [3.63, 3.8) is 0 Å². The molecule has 24 heavy (non-hydrogen) atoms. The maximum Gasteiger partial charge on any atom is 0.354 e. The highest BCUT2D eigenvalue weighted by molar-refractivity contribution is 5.93. The average molecular weight is 333 g/mol. The number of amides is 1. The number of hydrogen-bond acceptors (Lipinski definition) is 9. The summed E-state index contributed by atoms with van der Waals surface area (Å²) in [6.07, 6.45) is 2.59. The van der Waals surface area contributed by atoms with E-state index in [-0.39, 0.29) is 17.3 Å². The van der Waals surface area contributed by atoms with E-state index in [0.717, 1.165) is 6.33 Å². The van der Waals surface area contributed by atoms with Gasteiger partial charge in [0.15, 0.2) is 0 Å². The predicted octanol–water partition coefficient (Wildman–Crippen LogP) is 0.595. The third-order valence-corrected chi connectivity index (χ3v) is 2.80. The fourth-order valence-electron chi connectivity index (χ4n) is 1.72. The lowest BCUT2D eigenvalue weighted by Crippen LogP contribution is -2.31. The number of methoxy groups -OCH3 is 1. The van der Waals surface area contributed by atoms with Gasteiger partial charge in [-0.1, -0.05) is 6.07 Å². The number of carbonyl (C=O) groups is 1. The Kier molecular flexibility index (Phi) is 5.91. The molecule has 0 unspecified atom stereocenters. The molecule has 0 saturated carbocycles. The minimum atomic E-state index is -0.648. The van der Waals surface area contributed by atoms with Crippen molar-refractivity contribution in [2.75, 3.05) is 31.0 Å². The summed E-state index contributed by atoms with van der Waals surface area (Å²) in [4.78, 5) is 34.0. The summed E-state index contributed by atoms with van der Waals surface area (Å²) in [6.45, 7) is 0.675. The van der Waals surface area contributed by atoms with E-state index >= 15 is 0 Å². The van der Waals surface area contributed by atoms with Gasteiger partial charge >= 0.3 is 5.69 Å². The number of nitrogens with zero attached hydrogens (tertiary/aromatic N) is 4.